The largest absolute Gasteiger partial charge is 0.453 e. The molecule has 2 amide bonds. The van der Waals surface area contributed by atoms with E-state index in [1.807, 2.05) is 50.2 Å². The second-order valence-electron chi connectivity index (χ2n) is 7.63. The van der Waals surface area contributed by atoms with Crippen LogP contribution >= 0.6 is 0 Å². The standard InChI is InChI=1S/C22H29BN2O4/c1-16(2)13-19(15-23(28)29)24-22(27)20(14-17-9-5-3-6-10-17)25-21(26)18-11-7-4-8-12-18/h3-12,16,19-20,28-29H,13-15H2,1-2H3,(H,24,27)(H,25,26)/t19-,20-/m0/s1. The minimum Gasteiger partial charge on any atom is -0.427 e. The van der Waals surface area contributed by atoms with Crippen molar-refractivity contribution in [3.05, 3.63) is 71.8 Å². The highest BCUT2D eigenvalue weighted by Gasteiger charge is 2.26. The monoisotopic (exact) mass is 396 g/mol. The summed E-state index contributed by atoms with van der Waals surface area (Å²) in [7, 11) is -1.51. The van der Waals surface area contributed by atoms with Crippen LogP contribution in [-0.2, 0) is 11.2 Å². The highest BCUT2D eigenvalue weighted by atomic mass is 16.4. The van der Waals surface area contributed by atoms with E-state index in [-0.39, 0.29) is 24.1 Å². The van der Waals surface area contributed by atoms with Gasteiger partial charge in [-0.1, -0.05) is 62.4 Å². The van der Waals surface area contributed by atoms with Crippen LogP contribution in [0, 0.1) is 5.92 Å². The highest BCUT2D eigenvalue weighted by molar-refractivity contribution is 6.41. The third-order valence-electron chi connectivity index (χ3n) is 4.54. The number of carbonyl (C=O) groups excluding carboxylic acids is 2. The van der Waals surface area contributed by atoms with Crippen LogP contribution in [0.25, 0.3) is 0 Å². The van der Waals surface area contributed by atoms with Crippen LogP contribution < -0.4 is 10.6 Å². The summed E-state index contributed by atoms with van der Waals surface area (Å²) in [6.45, 7) is 4.00. The number of nitrogens with one attached hydrogen (secondary N) is 2. The fraction of sp³-hybridized carbons (Fsp3) is 0.364. The zero-order chi connectivity index (χ0) is 21.2. The first-order valence-electron chi connectivity index (χ1n) is 9.91. The molecule has 0 aromatic heterocycles. The van der Waals surface area contributed by atoms with Gasteiger partial charge in [-0.15, -0.1) is 0 Å². The van der Waals surface area contributed by atoms with Gasteiger partial charge in [-0.2, -0.15) is 0 Å². The molecule has 0 bridgehead atoms. The van der Waals surface area contributed by atoms with Crippen LogP contribution in [0.1, 0.15) is 36.2 Å². The second-order valence-corrected chi connectivity index (χ2v) is 7.63. The van der Waals surface area contributed by atoms with Gasteiger partial charge in [0, 0.05) is 24.3 Å². The maximum absolute atomic E-state index is 13.0. The molecule has 0 radical (unpaired) electrons. The third-order valence-corrected chi connectivity index (χ3v) is 4.54. The molecule has 0 saturated carbocycles. The number of rotatable bonds is 10. The molecule has 0 aliphatic rings. The molecule has 2 atom stereocenters. The van der Waals surface area contributed by atoms with Crippen LogP contribution in [0.15, 0.2) is 60.7 Å². The minimum atomic E-state index is -1.51. The Bertz CT molecular complexity index is 759. The van der Waals surface area contributed by atoms with Crippen molar-refractivity contribution in [3.63, 3.8) is 0 Å². The predicted octanol–water partition coefficient (Wildman–Crippen LogP) is 2.03. The van der Waals surface area contributed by atoms with E-state index in [0.717, 1.165) is 5.56 Å². The van der Waals surface area contributed by atoms with E-state index < -0.39 is 19.2 Å². The van der Waals surface area contributed by atoms with Crippen LogP contribution in [0.3, 0.4) is 0 Å². The topological polar surface area (TPSA) is 98.7 Å². The van der Waals surface area contributed by atoms with E-state index >= 15 is 0 Å². The van der Waals surface area contributed by atoms with Gasteiger partial charge in [0.15, 0.2) is 0 Å². The summed E-state index contributed by atoms with van der Waals surface area (Å²) in [5.41, 5.74) is 1.39. The van der Waals surface area contributed by atoms with Crippen molar-refractivity contribution in [2.75, 3.05) is 0 Å². The highest BCUT2D eigenvalue weighted by Crippen LogP contribution is 2.11. The molecule has 2 aromatic carbocycles. The first-order valence-corrected chi connectivity index (χ1v) is 9.91. The molecule has 0 spiro atoms. The molecule has 2 aromatic rings. The Labute approximate surface area is 172 Å². The van der Waals surface area contributed by atoms with E-state index in [1.54, 1.807) is 24.3 Å². The zero-order valence-electron chi connectivity index (χ0n) is 16.9. The van der Waals surface area contributed by atoms with Gasteiger partial charge >= 0.3 is 7.12 Å². The molecule has 154 valence electrons. The Kier molecular flexibility index (Phi) is 8.89. The van der Waals surface area contributed by atoms with E-state index in [1.165, 1.54) is 0 Å². The van der Waals surface area contributed by atoms with Crippen LogP contribution in [-0.4, -0.2) is 41.1 Å². The van der Waals surface area contributed by atoms with Gasteiger partial charge < -0.3 is 20.7 Å². The summed E-state index contributed by atoms with van der Waals surface area (Å²) in [6.07, 6.45) is 0.976. The normalized spacial score (nSPS) is 12.9. The average molecular weight is 396 g/mol. The third kappa shape index (κ3) is 8.09. The van der Waals surface area contributed by atoms with E-state index in [0.29, 0.717) is 18.4 Å². The molecule has 2 rings (SSSR count). The summed E-state index contributed by atoms with van der Waals surface area (Å²) in [5.74, 6) is -0.403. The smallest absolute Gasteiger partial charge is 0.427 e. The van der Waals surface area contributed by atoms with Gasteiger partial charge in [0.2, 0.25) is 5.91 Å². The summed E-state index contributed by atoms with van der Waals surface area (Å²) in [6, 6.07) is 17.0. The molecular formula is C22H29BN2O4. The molecular weight excluding hydrogens is 367 g/mol. The lowest BCUT2D eigenvalue weighted by atomic mass is 9.79. The molecule has 6 nitrogen and oxygen atoms in total. The molecule has 0 fully saturated rings. The van der Waals surface area contributed by atoms with Crippen LogP contribution in [0.2, 0.25) is 6.32 Å². The number of carbonyl (C=O) groups is 2. The molecule has 0 saturated heterocycles. The van der Waals surface area contributed by atoms with Gasteiger partial charge in [0.1, 0.15) is 6.04 Å². The minimum absolute atomic E-state index is 0.0363. The summed E-state index contributed by atoms with van der Waals surface area (Å²) in [4.78, 5) is 25.6. The maximum Gasteiger partial charge on any atom is 0.453 e. The molecule has 4 N–H and O–H groups in total. The quantitative estimate of drug-likeness (QED) is 0.462. The van der Waals surface area contributed by atoms with E-state index in [2.05, 4.69) is 10.6 Å². The Morgan fingerprint density at radius 1 is 0.931 bits per heavy atom. The lowest BCUT2D eigenvalue weighted by Crippen LogP contribution is -2.51. The van der Waals surface area contributed by atoms with E-state index in [4.69, 9.17) is 0 Å². The van der Waals surface area contributed by atoms with Crippen molar-refractivity contribution < 1.29 is 19.6 Å². The van der Waals surface area contributed by atoms with Gasteiger partial charge in [0.05, 0.1) is 0 Å². The van der Waals surface area contributed by atoms with Crippen LogP contribution in [0.5, 0.6) is 0 Å². The second kappa shape index (κ2) is 11.4. The fourth-order valence-corrected chi connectivity index (χ4v) is 3.23. The predicted molar refractivity (Wildman–Crippen MR) is 114 cm³/mol. The van der Waals surface area contributed by atoms with Crippen LogP contribution in [0.4, 0.5) is 0 Å². The Morgan fingerprint density at radius 2 is 1.52 bits per heavy atom. The lowest BCUT2D eigenvalue weighted by molar-refractivity contribution is -0.123. The van der Waals surface area contributed by atoms with E-state index in [9.17, 15) is 19.6 Å². The first-order chi connectivity index (χ1) is 13.8. The molecule has 0 aliphatic heterocycles. The number of amides is 2. The molecule has 0 heterocycles. The number of hydrogen-bond donors (Lipinski definition) is 4. The zero-order valence-corrected chi connectivity index (χ0v) is 16.9. The molecule has 7 heteroatoms. The van der Waals surface area contributed by atoms with Crippen molar-refractivity contribution in [2.45, 2.75) is 45.1 Å². The van der Waals surface area contributed by atoms with Gasteiger partial charge in [-0.05, 0) is 30.0 Å². The van der Waals surface area contributed by atoms with Crippen molar-refractivity contribution in [2.24, 2.45) is 5.92 Å². The summed E-state index contributed by atoms with van der Waals surface area (Å²) < 4.78 is 0. The van der Waals surface area contributed by atoms with Gasteiger partial charge in [-0.3, -0.25) is 9.59 Å². The number of benzene rings is 2. The molecule has 0 aliphatic carbocycles. The maximum atomic E-state index is 13.0. The summed E-state index contributed by atoms with van der Waals surface area (Å²) in [5, 5.41) is 24.4. The molecule has 0 unspecified atom stereocenters. The number of hydrogen-bond acceptors (Lipinski definition) is 4. The van der Waals surface area contributed by atoms with Crippen molar-refractivity contribution >= 4 is 18.9 Å². The van der Waals surface area contributed by atoms with Crippen molar-refractivity contribution in [1.29, 1.82) is 0 Å². The first kappa shape index (κ1) is 22.7. The Hall–Kier alpha value is -2.64. The van der Waals surface area contributed by atoms with Crippen molar-refractivity contribution in [3.8, 4) is 0 Å². The molecule has 29 heavy (non-hydrogen) atoms. The van der Waals surface area contributed by atoms with Gasteiger partial charge in [0.25, 0.3) is 5.91 Å². The fourth-order valence-electron chi connectivity index (χ4n) is 3.23. The van der Waals surface area contributed by atoms with Crippen molar-refractivity contribution in [1.82, 2.24) is 10.6 Å². The lowest BCUT2D eigenvalue weighted by Gasteiger charge is -2.25. The Balaban J connectivity index is 2.15. The van der Waals surface area contributed by atoms with Gasteiger partial charge in [-0.25, -0.2) is 0 Å². The average Bonchev–Trinajstić information content (AvgIpc) is 2.67. The SMILES string of the molecule is CC(C)C[C@@H](CB(O)O)NC(=O)[C@H](Cc1ccccc1)NC(=O)c1ccccc1. The Morgan fingerprint density at radius 3 is 2.07 bits per heavy atom. The summed E-state index contributed by atoms with van der Waals surface area (Å²) >= 11 is 0.